The summed E-state index contributed by atoms with van der Waals surface area (Å²) in [6.07, 6.45) is 0. The van der Waals surface area contributed by atoms with Gasteiger partial charge in [-0.15, -0.1) is 0 Å². The van der Waals surface area contributed by atoms with Gasteiger partial charge < -0.3 is 5.11 Å². The Labute approximate surface area is 152 Å². The fourth-order valence-electron chi connectivity index (χ4n) is 1.84. The topological polar surface area (TPSA) is 37.3 Å². The first-order valence-electron chi connectivity index (χ1n) is 7.13. The van der Waals surface area contributed by atoms with E-state index in [0.717, 1.165) is 6.92 Å². The predicted octanol–water partition coefficient (Wildman–Crippen LogP) is 2.73. The summed E-state index contributed by atoms with van der Waals surface area (Å²) in [6.45, 7) is 1.08. The second-order valence-electron chi connectivity index (χ2n) is 4.54. The summed E-state index contributed by atoms with van der Waals surface area (Å²) in [6, 6.07) is 32.6. The van der Waals surface area contributed by atoms with E-state index in [-0.39, 0.29) is 9.90 Å². The Morgan fingerprint density at radius 1 is 0.667 bits per heavy atom. The van der Waals surface area contributed by atoms with Crippen LogP contribution >= 0.6 is 9.90 Å². The Hall–Kier alpha value is -1.78. The Morgan fingerprint density at radius 2 is 0.875 bits per heavy atom. The van der Waals surface area contributed by atoms with Crippen molar-refractivity contribution in [2.45, 2.75) is 6.92 Å². The molecule has 0 saturated heterocycles. The van der Waals surface area contributed by atoms with E-state index in [0.29, 0.717) is 0 Å². The molecule has 1 unspecified atom stereocenters. The molecule has 24 heavy (non-hydrogen) atoms. The molecule has 1 atom stereocenters. The van der Waals surface area contributed by atoms with Crippen LogP contribution in [0.25, 0.3) is 0 Å². The second kappa shape index (κ2) is 10.9. The molecule has 3 aromatic rings. The maximum absolute atomic E-state index is 9.00. The van der Waals surface area contributed by atoms with Gasteiger partial charge in [0.2, 0.25) is 0 Å². The third-order valence-corrected chi connectivity index (χ3v) is 6.93. The summed E-state index contributed by atoms with van der Waals surface area (Å²) in [5.74, 6) is -0.833. The van der Waals surface area contributed by atoms with E-state index in [1.54, 1.807) is 0 Å². The molecule has 0 aliphatic carbocycles. The molecule has 129 valence electrons. The summed E-state index contributed by atoms with van der Waals surface area (Å²) in [5, 5.41) is 7.42. The molecule has 0 bridgehead atoms. The van der Waals surface area contributed by atoms with E-state index in [9.17, 15) is 0 Å². The van der Waals surface area contributed by atoms with Gasteiger partial charge in [-0.05, 0) is 0 Å². The van der Waals surface area contributed by atoms with Crippen molar-refractivity contribution in [3.05, 3.63) is 91.0 Å². The van der Waals surface area contributed by atoms with Gasteiger partial charge in [0.05, 0.1) is 0 Å². The SMILES string of the molecule is CC(=O)O.P.c1cc[c]([Pd]([c]2ccccc2)[c]2ccccc2)cc1. The molecule has 0 fully saturated rings. The zero-order valence-corrected chi connectivity index (χ0v) is 16.5. The summed E-state index contributed by atoms with van der Waals surface area (Å²) in [4.78, 5) is 9.00. The van der Waals surface area contributed by atoms with Crippen molar-refractivity contribution in [2.24, 2.45) is 0 Å². The molecule has 0 amide bonds. The Balaban J connectivity index is 0.000000522. The number of rotatable bonds is 3. The fraction of sp³-hybridized carbons (Fsp3) is 0.0500. The average molecular weight is 432 g/mol. The molecule has 0 spiro atoms. The number of benzene rings is 3. The number of hydrogen-bond donors (Lipinski definition) is 1. The molecule has 1 N–H and O–H groups in total. The van der Waals surface area contributed by atoms with Crippen molar-refractivity contribution in [1.29, 1.82) is 0 Å². The van der Waals surface area contributed by atoms with Crippen LogP contribution in [0.5, 0.6) is 0 Å². The zero-order valence-electron chi connectivity index (χ0n) is 13.5. The number of carboxylic acid groups (broad SMARTS) is 1. The van der Waals surface area contributed by atoms with Crippen LogP contribution in [0.1, 0.15) is 6.92 Å². The monoisotopic (exact) mass is 431 g/mol. The molecule has 0 saturated carbocycles. The number of aliphatic carboxylic acids is 1. The molecule has 0 aliphatic rings. The molecule has 0 aliphatic heterocycles. The third-order valence-electron chi connectivity index (χ3n) is 2.69. The van der Waals surface area contributed by atoms with E-state index in [4.69, 9.17) is 9.90 Å². The number of hydrogen-bond acceptors (Lipinski definition) is 1. The fourth-order valence-corrected chi connectivity index (χ4v) is 5.85. The van der Waals surface area contributed by atoms with Crippen molar-refractivity contribution in [1.82, 2.24) is 0 Å². The van der Waals surface area contributed by atoms with Gasteiger partial charge in [0.1, 0.15) is 0 Å². The minimum absolute atomic E-state index is 0. The van der Waals surface area contributed by atoms with Gasteiger partial charge in [0, 0.05) is 6.92 Å². The Morgan fingerprint density at radius 3 is 1.08 bits per heavy atom. The molecule has 0 radical (unpaired) electrons. The van der Waals surface area contributed by atoms with Gasteiger partial charge in [-0.3, -0.25) is 4.79 Å². The normalized spacial score (nSPS) is 9.79. The summed E-state index contributed by atoms with van der Waals surface area (Å²) >= 11 is -1.05. The number of carbonyl (C=O) groups is 1. The van der Waals surface area contributed by atoms with E-state index in [1.807, 2.05) is 0 Å². The maximum atomic E-state index is 9.00. The van der Waals surface area contributed by atoms with Gasteiger partial charge in [0.15, 0.2) is 0 Å². The van der Waals surface area contributed by atoms with E-state index in [2.05, 4.69) is 91.0 Å². The molecule has 3 rings (SSSR count). The van der Waals surface area contributed by atoms with Crippen LogP contribution in [0.15, 0.2) is 91.0 Å². The van der Waals surface area contributed by atoms with Crippen LogP contribution in [-0.2, 0) is 21.6 Å². The standard InChI is InChI=1S/3C6H5.C2H4O2.H3P.Pd/c3*1-2-4-6-5-3-1;1-2(3)4;;/h3*1-5H;1H3,(H,3,4);1H3;. The Bertz CT molecular complexity index is 620. The van der Waals surface area contributed by atoms with Crippen LogP contribution in [-0.4, -0.2) is 11.1 Å². The molecular formula is C20H22O2PPd. The predicted molar refractivity (Wildman–Crippen MR) is 103 cm³/mol. The molecule has 3 aromatic carbocycles. The van der Waals surface area contributed by atoms with Gasteiger partial charge in [-0.25, -0.2) is 0 Å². The van der Waals surface area contributed by atoms with Crippen molar-refractivity contribution in [2.75, 3.05) is 0 Å². The van der Waals surface area contributed by atoms with Crippen molar-refractivity contribution >= 4 is 28.0 Å². The molecular weight excluding hydrogens is 410 g/mol. The van der Waals surface area contributed by atoms with Crippen LogP contribution in [0.2, 0.25) is 0 Å². The van der Waals surface area contributed by atoms with Gasteiger partial charge in [0.25, 0.3) is 5.97 Å². The van der Waals surface area contributed by atoms with Crippen molar-refractivity contribution < 1.29 is 26.7 Å². The van der Waals surface area contributed by atoms with Gasteiger partial charge >= 0.3 is 120 Å². The molecule has 0 heterocycles. The van der Waals surface area contributed by atoms with Crippen LogP contribution < -0.4 is 12.1 Å². The zero-order chi connectivity index (χ0) is 16.5. The second-order valence-corrected chi connectivity index (χ2v) is 8.39. The summed E-state index contributed by atoms with van der Waals surface area (Å²) in [5.41, 5.74) is 0. The molecule has 2 nitrogen and oxygen atoms in total. The molecule has 0 aromatic heterocycles. The third kappa shape index (κ3) is 6.38. The van der Waals surface area contributed by atoms with Crippen molar-refractivity contribution in [3.8, 4) is 0 Å². The van der Waals surface area contributed by atoms with Gasteiger partial charge in [-0.1, -0.05) is 0 Å². The minimum atomic E-state index is -1.05. The quantitative estimate of drug-likeness (QED) is 0.511. The first-order valence-corrected chi connectivity index (χ1v) is 9.47. The van der Waals surface area contributed by atoms with E-state index >= 15 is 0 Å². The summed E-state index contributed by atoms with van der Waals surface area (Å²) < 4.78 is 4.35. The van der Waals surface area contributed by atoms with Gasteiger partial charge in [-0.2, -0.15) is 9.90 Å². The van der Waals surface area contributed by atoms with E-state index in [1.165, 1.54) is 12.1 Å². The van der Waals surface area contributed by atoms with Crippen LogP contribution in [0.3, 0.4) is 0 Å². The number of carboxylic acids is 1. The van der Waals surface area contributed by atoms with Crippen LogP contribution in [0, 0.1) is 0 Å². The Kier molecular flexibility index (Phi) is 9.20. The van der Waals surface area contributed by atoms with E-state index < -0.39 is 22.7 Å². The first kappa shape index (κ1) is 20.3. The average Bonchev–Trinajstić information content (AvgIpc) is 2.58. The summed E-state index contributed by atoms with van der Waals surface area (Å²) in [7, 11) is 0. The van der Waals surface area contributed by atoms with Crippen molar-refractivity contribution in [3.63, 3.8) is 0 Å². The first-order chi connectivity index (χ1) is 11.2. The molecule has 4 heteroatoms. The van der Waals surface area contributed by atoms with Crippen LogP contribution in [0.4, 0.5) is 0 Å².